The summed E-state index contributed by atoms with van der Waals surface area (Å²) < 4.78 is 1.03. The van der Waals surface area contributed by atoms with E-state index in [1.54, 1.807) is 0 Å². The lowest BCUT2D eigenvalue weighted by atomic mass is 10.3. The fourth-order valence-corrected chi connectivity index (χ4v) is 2.52. The largest absolute Gasteiger partial charge is 0.340 e. The van der Waals surface area contributed by atoms with E-state index in [0.29, 0.717) is 11.0 Å². The average Bonchev–Trinajstić information content (AvgIpc) is 2.49. The summed E-state index contributed by atoms with van der Waals surface area (Å²) in [6.45, 7) is 1.93. The molecule has 1 heterocycles. The van der Waals surface area contributed by atoms with Crippen molar-refractivity contribution >= 4 is 50.7 Å². The van der Waals surface area contributed by atoms with Crippen LogP contribution in [-0.2, 0) is 0 Å². The van der Waals surface area contributed by atoms with Crippen LogP contribution in [0.4, 0.5) is 23.1 Å². The number of rotatable bonds is 4. The summed E-state index contributed by atoms with van der Waals surface area (Å²) in [4.78, 5) is 8.89. The smallest absolute Gasteiger partial charge is 0.229 e. The molecule has 0 radical (unpaired) electrons. The standard InChI is InChI=1S/C17H14BrClN4/c1-11-9-16(21-14-7-5-12(18)6-8-14)23-17(20-11)22-15-4-2-3-13(19)10-15/h2-10H,1H3,(H2,20,21,22,23). The first-order valence-corrected chi connectivity index (χ1v) is 8.16. The molecule has 6 heteroatoms. The van der Waals surface area contributed by atoms with Crippen molar-refractivity contribution in [3.63, 3.8) is 0 Å². The minimum absolute atomic E-state index is 0.520. The number of hydrogen-bond acceptors (Lipinski definition) is 4. The maximum atomic E-state index is 6.00. The maximum Gasteiger partial charge on any atom is 0.229 e. The zero-order chi connectivity index (χ0) is 16.2. The highest BCUT2D eigenvalue weighted by Crippen LogP contribution is 2.22. The molecule has 0 bridgehead atoms. The van der Waals surface area contributed by atoms with E-state index in [1.807, 2.05) is 61.5 Å². The Balaban J connectivity index is 1.82. The van der Waals surface area contributed by atoms with Gasteiger partial charge >= 0.3 is 0 Å². The molecule has 0 amide bonds. The van der Waals surface area contributed by atoms with Crippen molar-refractivity contribution < 1.29 is 0 Å². The van der Waals surface area contributed by atoms with Crippen LogP contribution in [0, 0.1) is 6.92 Å². The third-order valence-electron chi connectivity index (χ3n) is 3.05. The molecule has 0 aliphatic carbocycles. The summed E-state index contributed by atoms with van der Waals surface area (Å²) >= 11 is 9.42. The minimum Gasteiger partial charge on any atom is -0.340 e. The van der Waals surface area contributed by atoms with Crippen LogP contribution in [-0.4, -0.2) is 9.97 Å². The number of halogens is 2. The molecule has 0 unspecified atom stereocenters. The van der Waals surface area contributed by atoms with Gasteiger partial charge in [-0.15, -0.1) is 0 Å². The molecule has 0 fully saturated rings. The third-order valence-corrected chi connectivity index (χ3v) is 3.82. The molecule has 4 nitrogen and oxygen atoms in total. The van der Waals surface area contributed by atoms with Gasteiger partial charge in [-0.25, -0.2) is 4.98 Å². The monoisotopic (exact) mass is 388 g/mol. The quantitative estimate of drug-likeness (QED) is 0.602. The number of benzene rings is 2. The molecular weight excluding hydrogens is 376 g/mol. The average molecular weight is 390 g/mol. The number of aromatic nitrogens is 2. The maximum absolute atomic E-state index is 6.00. The van der Waals surface area contributed by atoms with Crippen molar-refractivity contribution in [3.8, 4) is 0 Å². The molecule has 116 valence electrons. The highest BCUT2D eigenvalue weighted by molar-refractivity contribution is 9.10. The van der Waals surface area contributed by atoms with E-state index in [0.717, 1.165) is 27.4 Å². The molecule has 0 atom stereocenters. The van der Waals surface area contributed by atoms with E-state index in [1.165, 1.54) is 0 Å². The van der Waals surface area contributed by atoms with Crippen molar-refractivity contribution in [1.29, 1.82) is 0 Å². The molecule has 0 aliphatic rings. The minimum atomic E-state index is 0.520. The first-order valence-electron chi connectivity index (χ1n) is 6.99. The zero-order valence-electron chi connectivity index (χ0n) is 12.3. The zero-order valence-corrected chi connectivity index (χ0v) is 14.7. The fourth-order valence-electron chi connectivity index (χ4n) is 2.06. The van der Waals surface area contributed by atoms with E-state index >= 15 is 0 Å². The van der Waals surface area contributed by atoms with Gasteiger partial charge in [0.05, 0.1) is 0 Å². The number of hydrogen-bond donors (Lipinski definition) is 2. The van der Waals surface area contributed by atoms with Crippen molar-refractivity contribution in [2.75, 3.05) is 10.6 Å². The highest BCUT2D eigenvalue weighted by Gasteiger charge is 2.04. The van der Waals surface area contributed by atoms with E-state index in [2.05, 4.69) is 36.5 Å². The van der Waals surface area contributed by atoms with Crippen molar-refractivity contribution in [3.05, 3.63) is 69.8 Å². The Kier molecular flexibility index (Phi) is 4.79. The second-order valence-corrected chi connectivity index (χ2v) is 6.34. The lowest BCUT2D eigenvalue weighted by Gasteiger charge is -2.10. The van der Waals surface area contributed by atoms with E-state index in [9.17, 15) is 0 Å². The van der Waals surface area contributed by atoms with Crippen LogP contribution < -0.4 is 10.6 Å². The Labute approximate surface area is 148 Å². The molecule has 3 aromatic rings. The molecule has 2 aromatic carbocycles. The SMILES string of the molecule is Cc1cc(Nc2ccc(Br)cc2)nc(Nc2cccc(Cl)c2)n1. The summed E-state index contributed by atoms with van der Waals surface area (Å²) in [5, 5.41) is 7.10. The van der Waals surface area contributed by atoms with Gasteiger partial charge in [0.15, 0.2) is 0 Å². The number of nitrogens with zero attached hydrogens (tertiary/aromatic N) is 2. The first-order chi connectivity index (χ1) is 11.1. The van der Waals surface area contributed by atoms with Crippen molar-refractivity contribution in [2.24, 2.45) is 0 Å². The lowest BCUT2D eigenvalue weighted by Crippen LogP contribution is -2.02. The van der Waals surface area contributed by atoms with Crippen LogP contribution in [0.25, 0.3) is 0 Å². The van der Waals surface area contributed by atoms with Gasteiger partial charge in [0.2, 0.25) is 5.95 Å². The Bertz CT molecular complexity index is 821. The molecule has 1 aromatic heterocycles. The normalized spacial score (nSPS) is 10.4. The molecule has 3 rings (SSSR count). The van der Waals surface area contributed by atoms with Crippen LogP contribution in [0.2, 0.25) is 5.02 Å². The molecular formula is C17H14BrClN4. The van der Waals surface area contributed by atoms with Gasteiger partial charge in [-0.05, 0) is 49.4 Å². The fraction of sp³-hybridized carbons (Fsp3) is 0.0588. The lowest BCUT2D eigenvalue weighted by molar-refractivity contribution is 1.11. The van der Waals surface area contributed by atoms with Crippen molar-refractivity contribution in [2.45, 2.75) is 6.92 Å². The number of anilines is 4. The number of nitrogens with one attached hydrogen (secondary N) is 2. The molecule has 0 saturated carbocycles. The van der Waals surface area contributed by atoms with Crippen molar-refractivity contribution in [1.82, 2.24) is 9.97 Å². The van der Waals surface area contributed by atoms with Gasteiger partial charge in [-0.3, -0.25) is 0 Å². The predicted molar refractivity (Wildman–Crippen MR) is 98.9 cm³/mol. The van der Waals surface area contributed by atoms with E-state index in [4.69, 9.17) is 11.6 Å². The van der Waals surface area contributed by atoms with Gasteiger partial charge in [0.1, 0.15) is 5.82 Å². The summed E-state index contributed by atoms with van der Waals surface area (Å²) in [5.74, 6) is 1.25. The first kappa shape index (κ1) is 15.8. The van der Waals surface area contributed by atoms with Crippen LogP contribution >= 0.6 is 27.5 Å². The summed E-state index contributed by atoms with van der Waals surface area (Å²) in [6, 6.07) is 17.2. The molecule has 0 saturated heterocycles. The van der Waals surface area contributed by atoms with Crippen LogP contribution in [0.15, 0.2) is 59.1 Å². The van der Waals surface area contributed by atoms with Gasteiger partial charge in [-0.1, -0.05) is 33.6 Å². The summed E-state index contributed by atoms with van der Waals surface area (Å²) in [6.07, 6.45) is 0. The molecule has 23 heavy (non-hydrogen) atoms. The van der Waals surface area contributed by atoms with E-state index < -0.39 is 0 Å². The second-order valence-electron chi connectivity index (χ2n) is 4.99. The highest BCUT2D eigenvalue weighted by atomic mass is 79.9. The van der Waals surface area contributed by atoms with Gasteiger partial charge in [0.25, 0.3) is 0 Å². The second kappa shape index (κ2) is 6.98. The Morgan fingerprint density at radius 3 is 2.43 bits per heavy atom. The topological polar surface area (TPSA) is 49.8 Å². The Morgan fingerprint density at radius 2 is 1.70 bits per heavy atom. The van der Waals surface area contributed by atoms with Crippen LogP contribution in [0.1, 0.15) is 5.69 Å². The van der Waals surface area contributed by atoms with Gasteiger partial charge in [0, 0.05) is 32.6 Å². The predicted octanol–water partition coefficient (Wildman–Crippen LogP) is 5.69. The molecule has 0 aliphatic heterocycles. The van der Waals surface area contributed by atoms with E-state index in [-0.39, 0.29) is 0 Å². The summed E-state index contributed by atoms with van der Waals surface area (Å²) in [5.41, 5.74) is 2.67. The Hall–Kier alpha value is -2.11. The summed E-state index contributed by atoms with van der Waals surface area (Å²) in [7, 11) is 0. The van der Waals surface area contributed by atoms with Gasteiger partial charge in [-0.2, -0.15) is 4.98 Å². The van der Waals surface area contributed by atoms with Gasteiger partial charge < -0.3 is 10.6 Å². The third kappa shape index (κ3) is 4.43. The molecule has 2 N–H and O–H groups in total. The number of aryl methyl sites for hydroxylation is 1. The van der Waals surface area contributed by atoms with Crippen LogP contribution in [0.5, 0.6) is 0 Å². The molecule has 0 spiro atoms. The Morgan fingerprint density at radius 1 is 0.913 bits per heavy atom. The van der Waals surface area contributed by atoms with Crippen LogP contribution in [0.3, 0.4) is 0 Å².